The summed E-state index contributed by atoms with van der Waals surface area (Å²) in [5.41, 5.74) is 1.55. The third-order valence-corrected chi connectivity index (χ3v) is 3.88. The summed E-state index contributed by atoms with van der Waals surface area (Å²) in [5, 5.41) is 1.09. The predicted molar refractivity (Wildman–Crippen MR) is 103 cm³/mol. The van der Waals surface area contributed by atoms with Gasteiger partial charge in [0.15, 0.2) is 18.1 Å². The number of terminal acetylenes is 1. The molecule has 0 unspecified atom stereocenters. The molecule has 0 saturated carbocycles. The highest BCUT2D eigenvalue weighted by Crippen LogP contribution is 2.30. The van der Waals surface area contributed by atoms with E-state index in [0.717, 1.165) is 11.1 Å². The number of benzene rings is 2. The third-order valence-electron chi connectivity index (χ3n) is 3.30. The number of hydrogen-bond donors (Lipinski definition) is 0. The fourth-order valence-electron chi connectivity index (χ4n) is 2.03. The predicted octanol–water partition coefficient (Wildman–Crippen LogP) is 4.77. The molecule has 0 fully saturated rings. The van der Waals surface area contributed by atoms with Crippen molar-refractivity contribution in [1.29, 1.82) is 0 Å². The van der Waals surface area contributed by atoms with E-state index in [1.165, 1.54) is 13.2 Å². The molecule has 0 aliphatic carbocycles. The molecular formula is C20H16Cl2O4. The number of carbonyl (C=O) groups excluding carboxylic acids is 1. The first-order valence-corrected chi connectivity index (χ1v) is 8.32. The van der Waals surface area contributed by atoms with Crippen LogP contribution in [0.3, 0.4) is 0 Å². The molecule has 0 aromatic heterocycles. The second-order valence-electron chi connectivity index (χ2n) is 5.08. The maximum absolute atomic E-state index is 11.4. The van der Waals surface area contributed by atoms with Gasteiger partial charge in [0.25, 0.3) is 0 Å². The van der Waals surface area contributed by atoms with Gasteiger partial charge in [-0.05, 0) is 35.9 Å². The summed E-state index contributed by atoms with van der Waals surface area (Å²) in [6, 6.07) is 10.5. The largest absolute Gasteiger partial charge is 0.493 e. The Balaban J connectivity index is 2.07. The fraction of sp³-hybridized carbons (Fsp3) is 0.150. The second-order valence-corrected chi connectivity index (χ2v) is 5.92. The number of ether oxygens (including phenoxy) is 3. The van der Waals surface area contributed by atoms with Crippen LogP contribution >= 0.6 is 23.2 Å². The molecule has 0 aliphatic heterocycles. The van der Waals surface area contributed by atoms with Crippen molar-refractivity contribution < 1.29 is 19.0 Å². The molecule has 26 heavy (non-hydrogen) atoms. The van der Waals surface area contributed by atoms with E-state index in [9.17, 15) is 4.79 Å². The molecule has 6 heteroatoms. The number of carbonyl (C=O) groups is 1. The van der Waals surface area contributed by atoms with Crippen molar-refractivity contribution >= 4 is 35.2 Å². The highest BCUT2D eigenvalue weighted by Gasteiger charge is 2.08. The molecule has 134 valence electrons. The molecule has 0 saturated heterocycles. The SMILES string of the molecule is C#CCOC(=O)/C=C/c1ccc(OCc2ccc(Cl)cc2Cl)c(OC)c1. The van der Waals surface area contributed by atoms with Crippen molar-refractivity contribution in [1.82, 2.24) is 0 Å². The van der Waals surface area contributed by atoms with Crippen LogP contribution in [0.5, 0.6) is 11.5 Å². The van der Waals surface area contributed by atoms with Crippen molar-refractivity contribution in [2.75, 3.05) is 13.7 Å². The van der Waals surface area contributed by atoms with Gasteiger partial charge in [0, 0.05) is 21.7 Å². The summed E-state index contributed by atoms with van der Waals surface area (Å²) in [7, 11) is 1.53. The first kappa shape index (κ1) is 19.7. The summed E-state index contributed by atoms with van der Waals surface area (Å²) in [6.07, 6.45) is 7.92. The Hall–Kier alpha value is -2.61. The minimum Gasteiger partial charge on any atom is -0.493 e. The van der Waals surface area contributed by atoms with Crippen LogP contribution in [0, 0.1) is 12.3 Å². The fourth-order valence-corrected chi connectivity index (χ4v) is 2.49. The Bertz CT molecular complexity index is 853. The lowest BCUT2D eigenvalue weighted by molar-refractivity contribution is -0.136. The van der Waals surface area contributed by atoms with Crippen molar-refractivity contribution in [3.63, 3.8) is 0 Å². The van der Waals surface area contributed by atoms with Crippen LogP contribution < -0.4 is 9.47 Å². The second kappa shape index (κ2) is 9.76. The first-order valence-electron chi connectivity index (χ1n) is 7.56. The summed E-state index contributed by atoms with van der Waals surface area (Å²) in [6.45, 7) is 0.201. The summed E-state index contributed by atoms with van der Waals surface area (Å²) < 4.78 is 15.9. The van der Waals surface area contributed by atoms with Gasteiger partial charge in [0.1, 0.15) is 6.61 Å². The summed E-state index contributed by atoms with van der Waals surface area (Å²) in [4.78, 5) is 11.4. The number of hydrogen-bond acceptors (Lipinski definition) is 4. The molecule has 4 nitrogen and oxygen atoms in total. The molecular weight excluding hydrogens is 375 g/mol. The average molecular weight is 391 g/mol. The Kier molecular flexibility index (Phi) is 7.40. The Morgan fingerprint density at radius 3 is 2.69 bits per heavy atom. The van der Waals surface area contributed by atoms with Gasteiger partial charge >= 0.3 is 5.97 Å². The molecule has 0 heterocycles. The zero-order valence-electron chi connectivity index (χ0n) is 14.0. The number of esters is 1. The Morgan fingerprint density at radius 1 is 1.19 bits per heavy atom. The zero-order valence-corrected chi connectivity index (χ0v) is 15.5. The highest BCUT2D eigenvalue weighted by molar-refractivity contribution is 6.35. The monoisotopic (exact) mass is 390 g/mol. The molecule has 0 bridgehead atoms. The molecule has 0 amide bonds. The zero-order chi connectivity index (χ0) is 18.9. The van der Waals surface area contributed by atoms with Crippen LogP contribution in [-0.4, -0.2) is 19.7 Å². The topological polar surface area (TPSA) is 44.8 Å². The van der Waals surface area contributed by atoms with Crippen molar-refractivity contribution in [3.8, 4) is 23.8 Å². The Morgan fingerprint density at radius 2 is 2.00 bits per heavy atom. The van der Waals surface area contributed by atoms with E-state index in [-0.39, 0.29) is 13.2 Å². The average Bonchev–Trinajstić information content (AvgIpc) is 2.64. The lowest BCUT2D eigenvalue weighted by Gasteiger charge is -2.12. The van der Waals surface area contributed by atoms with Gasteiger partial charge in [-0.2, -0.15) is 0 Å². The van der Waals surface area contributed by atoms with E-state index in [1.807, 2.05) is 0 Å². The highest BCUT2D eigenvalue weighted by atomic mass is 35.5. The van der Waals surface area contributed by atoms with Gasteiger partial charge in [0.2, 0.25) is 0 Å². The van der Waals surface area contributed by atoms with Gasteiger partial charge < -0.3 is 14.2 Å². The van der Waals surface area contributed by atoms with Crippen molar-refractivity contribution in [2.24, 2.45) is 0 Å². The van der Waals surface area contributed by atoms with Crippen LogP contribution in [0.15, 0.2) is 42.5 Å². The van der Waals surface area contributed by atoms with Crippen LogP contribution in [0.4, 0.5) is 0 Å². The molecule has 0 aliphatic rings. The Labute approximate surface area is 162 Å². The van der Waals surface area contributed by atoms with E-state index >= 15 is 0 Å². The van der Waals surface area contributed by atoms with E-state index in [1.54, 1.807) is 42.5 Å². The minimum atomic E-state index is -0.514. The van der Waals surface area contributed by atoms with Gasteiger partial charge in [0.05, 0.1) is 7.11 Å². The maximum Gasteiger partial charge on any atom is 0.331 e. The molecule has 2 aromatic carbocycles. The van der Waals surface area contributed by atoms with Gasteiger partial charge in [-0.25, -0.2) is 4.79 Å². The lowest BCUT2D eigenvalue weighted by atomic mass is 10.2. The molecule has 0 spiro atoms. The lowest BCUT2D eigenvalue weighted by Crippen LogP contribution is -2.00. The van der Waals surface area contributed by atoms with Crippen molar-refractivity contribution in [2.45, 2.75) is 6.61 Å². The van der Waals surface area contributed by atoms with Gasteiger partial charge in [-0.15, -0.1) is 6.42 Å². The van der Waals surface area contributed by atoms with E-state index in [4.69, 9.17) is 43.8 Å². The van der Waals surface area contributed by atoms with E-state index < -0.39 is 5.97 Å². The van der Waals surface area contributed by atoms with Crippen LogP contribution in [0.2, 0.25) is 10.0 Å². The minimum absolute atomic E-state index is 0.0630. The summed E-state index contributed by atoms with van der Waals surface area (Å²) in [5.74, 6) is 2.78. The molecule has 2 aromatic rings. The quantitative estimate of drug-likeness (QED) is 0.388. The van der Waals surface area contributed by atoms with Crippen molar-refractivity contribution in [3.05, 3.63) is 63.6 Å². The summed E-state index contributed by atoms with van der Waals surface area (Å²) >= 11 is 12.0. The number of halogens is 2. The standard InChI is InChI=1S/C20H16Cl2O4/c1-3-10-25-20(23)9-5-14-4-8-18(19(11-14)24-2)26-13-15-6-7-16(21)12-17(15)22/h1,4-9,11-12H,10,13H2,2H3/b9-5+. The van der Waals surface area contributed by atoms with E-state index in [0.29, 0.717) is 21.5 Å². The van der Waals surface area contributed by atoms with Gasteiger partial charge in [-0.1, -0.05) is 41.3 Å². The maximum atomic E-state index is 11.4. The first-order chi connectivity index (χ1) is 12.5. The van der Waals surface area contributed by atoms with Crippen LogP contribution in [0.25, 0.3) is 6.08 Å². The van der Waals surface area contributed by atoms with Crippen LogP contribution in [0.1, 0.15) is 11.1 Å². The van der Waals surface area contributed by atoms with E-state index in [2.05, 4.69) is 5.92 Å². The molecule has 0 atom stereocenters. The normalized spacial score (nSPS) is 10.4. The molecule has 2 rings (SSSR count). The third kappa shape index (κ3) is 5.73. The smallest absolute Gasteiger partial charge is 0.331 e. The molecule has 0 radical (unpaired) electrons. The van der Waals surface area contributed by atoms with Gasteiger partial charge in [-0.3, -0.25) is 0 Å². The molecule has 0 N–H and O–H groups in total. The van der Waals surface area contributed by atoms with Crippen LogP contribution in [-0.2, 0) is 16.1 Å². The number of methoxy groups -OCH3 is 1. The number of rotatable bonds is 7.